The number of ether oxygens (including phenoxy) is 1. The van der Waals surface area contributed by atoms with Crippen molar-refractivity contribution in [3.8, 4) is 0 Å². The van der Waals surface area contributed by atoms with Crippen molar-refractivity contribution in [1.29, 1.82) is 0 Å². The van der Waals surface area contributed by atoms with Gasteiger partial charge in [-0.2, -0.15) is 0 Å². The number of hydrogen-bond donors (Lipinski definition) is 1. The molecule has 1 aromatic heterocycles. The highest BCUT2D eigenvalue weighted by Gasteiger charge is 2.16. The molecule has 0 fully saturated rings. The summed E-state index contributed by atoms with van der Waals surface area (Å²) >= 11 is 0. The van der Waals surface area contributed by atoms with Gasteiger partial charge in [0.25, 0.3) is 0 Å². The second-order valence-corrected chi connectivity index (χ2v) is 7.25. The van der Waals surface area contributed by atoms with E-state index >= 15 is 0 Å². The molecule has 0 radical (unpaired) electrons. The van der Waals surface area contributed by atoms with E-state index in [4.69, 9.17) is 4.74 Å². The first kappa shape index (κ1) is 20.1. The summed E-state index contributed by atoms with van der Waals surface area (Å²) in [4.78, 5) is 6.48. The summed E-state index contributed by atoms with van der Waals surface area (Å²) in [6.07, 6.45) is 8.41. The molecule has 1 heterocycles. The van der Waals surface area contributed by atoms with Gasteiger partial charge in [0.2, 0.25) is 0 Å². The quantitative estimate of drug-likeness (QED) is 0.642. The van der Waals surface area contributed by atoms with Crippen molar-refractivity contribution >= 4 is 0 Å². The van der Waals surface area contributed by atoms with Gasteiger partial charge in [-0.3, -0.25) is 4.90 Å². The molecule has 1 unspecified atom stereocenters. The van der Waals surface area contributed by atoms with Crippen LogP contribution in [-0.4, -0.2) is 52.0 Å². The van der Waals surface area contributed by atoms with Crippen molar-refractivity contribution in [2.45, 2.75) is 58.6 Å². The molecule has 23 heavy (non-hydrogen) atoms. The lowest BCUT2D eigenvalue weighted by Crippen LogP contribution is -2.29. The fourth-order valence-electron chi connectivity index (χ4n) is 2.70. The second-order valence-electron chi connectivity index (χ2n) is 7.25. The number of aliphatic hydroxyl groups excluding tert-OH is 1. The molecule has 1 N–H and O–H groups in total. The molecule has 5 nitrogen and oxygen atoms in total. The Morgan fingerprint density at radius 2 is 2.09 bits per heavy atom. The summed E-state index contributed by atoms with van der Waals surface area (Å²) in [6.45, 7) is 9.40. The standard InChI is InChI=1S/C18H35N3O2/c1-16(7-6-9-18(2,3)23-5)8-10-21(11-12-22)14-17-13-19-15-20(17)4/h13,15-16,22H,6-12,14H2,1-5H3. The zero-order chi connectivity index (χ0) is 17.3. The summed E-state index contributed by atoms with van der Waals surface area (Å²) in [5.74, 6) is 0.690. The molecule has 1 rings (SSSR count). The molecule has 0 saturated carbocycles. The summed E-state index contributed by atoms with van der Waals surface area (Å²) in [5, 5.41) is 9.28. The highest BCUT2D eigenvalue weighted by atomic mass is 16.5. The molecule has 0 aliphatic carbocycles. The van der Waals surface area contributed by atoms with E-state index in [2.05, 4.69) is 30.7 Å². The first-order chi connectivity index (χ1) is 10.9. The normalized spacial score (nSPS) is 13.7. The van der Waals surface area contributed by atoms with E-state index < -0.39 is 0 Å². The molecule has 0 saturated heterocycles. The molecular formula is C18H35N3O2. The Kier molecular flexibility index (Phi) is 8.81. The number of aryl methyl sites for hydroxylation is 1. The van der Waals surface area contributed by atoms with Gasteiger partial charge in [0.15, 0.2) is 0 Å². The van der Waals surface area contributed by atoms with Crippen molar-refractivity contribution < 1.29 is 9.84 Å². The first-order valence-electron chi connectivity index (χ1n) is 8.71. The van der Waals surface area contributed by atoms with Crippen LogP contribution in [0.25, 0.3) is 0 Å². The maximum absolute atomic E-state index is 9.28. The average molecular weight is 325 g/mol. The molecule has 0 aliphatic rings. The van der Waals surface area contributed by atoms with E-state index in [1.54, 1.807) is 7.11 Å². The topological polar surface area (TPSA) is 50.5 Å². The maximum Gasteiger partial charge on any atom is 0.0945 e. The van der Waals surface area contributed by atoms with Crippen LogP contribution in [-0.2, 0) is 18.3 Å². The maximum atomic E-state index is 9.28. The van der Waals surface area contributed by atoms with Gasteiger partial charge >= 0.3 is 0 Å². The van der Waals surface area contributed by atoms with E-state index in [1.807, 2.05) is 24.1 Å². The molecule has 0 aromatic carbocycles. The molecule has 1 atom stereocenters. The van der Waals surface area contributed by atoms with Crippen molar-refractivity contribution in [2.75, 3.05) is 26.8 Å². The van der Waals surface area contributed by atoms with Gasteiger partial charge in [0, 0.05) is 33.4 Å². The molecule has 0 spiro atoms. The molecule has 5 heteroatoms. The Hall–Kier alpha value is -0.910. The fraction of sp³-hybridized carbons (Fsp3) is 0.833. The molecule has 134 valence electrons. The largest absolute Gasteiger partial charge is 0.395 e. The summed E-state index contributed by atoms with van der Waals surface area (Å²) in [6, 6.07) is 0. The van der Waals surface area contributed by atoms with Gasteiger partial charge in [-0.25, -0.2) is 4.98 Å². The summed E-state index contributed by atoms with van der Waals surface area (Å²) < 4.78 is 7.52. The van der Waals surface area contributed by atoms with Crippen molar-refractivity contribution in [2.24, 2.45) is 13.0 Å². The van der Waals surface area contributed by atoms with E-state index in [0.717, 1.165) is 25.9 Å². The fourth-order valence-corrected chi connectivity index (χ4v) is 2.70. The van der Waals surface area contributed by atoms with E-state index in [1.165, 1.54) is 18.5 Å². The Balaban J connectivity index is 2.32. The van der Waals surface area contributed by atoms with Gasteiger partial charge in [0.05, 0.1) is 24.2 Å². The van der Waals surface area contributed by atoms with Crippen LogP contribution < -0.4 is 0 Å². The van der Waals surface area contributed by atoms with Crippen molar-refractivity contribution in [1.82, 2.24) is 14.5 Å². The molecule has 0 amide bonds. The lowest BCUT2D eigenvalue weighted by molar-refractivity contribution is 0.0126. The minimum atomic E-state index is -0.0117. The number of imidazole rings is 1. The predicted octanol–water partition coefficient (Wildman–Crippen LogP) is 2.84. The second kappa shape index (κ2) is 10.1. The zero-order valence-electron chi connectivity index (χ0n) is 15.6. The lowest BCUT2D eigenvalue weighted by Gasteiger charge is -2.25. The highest BCUT2D eigenvalue weighted by molar-refractivity contribution is 4.97. The van der Waals surface area contributed by atoms with Crippen LogP contribution >= 0.6 is 0 Å². The zero-order valence-corrected chi connectivity index (χ0v) is 15.6. The Morgan fingerprint density at radius 3 is 2.65 bits per heavy atom. The molecular weight excluding hydrogens is 290 g/mol. The first-order valence-corrected chi connectivity index (χ1v) is 8.71. The van der Waals surface area contributed by atoms with Crippen LogP contribution in [0.2, 0.25) is 0 Å². The molecule has 0 aliphatic heterocycles. The third-order valence-electron chi connectivity index (χ3n) is 4.68. The summed E-state index contributed by atoms with van der Waals surface area (Å²) in [5.41, 5.74) is 1.18. The Morgan fingerprint density at radius 1 is 1.35 bits per heavy atom. The third-order valence-corrected chi connectivity index (χ3v) is 4.68. The van der Waals surface area contributed by atoms with E-state index in [9.17, 15) is 5.11 Å². The van der Waals surface area contributed by atoms with Gasteiger partial charge in [-0.15, -0.1) is 0 Å². The number of methoxy groups -OCH3 is 1. The smallest absolute Gasteiger partial charge is 0.0945 e. The third kappa shape index (κ3) is 7.95. The lowest BCUT2D eigenvalue weighted by atomic mass is 9.95. The van der Waals surface area contributed by atoms with Gasteiger partial charge < -0.3 is 14.4 Å². The van der Waals surface area contributed by atoms with Gasteiger partial charge in [-0.05, 0) is 39.2 Å². The molecule has 1 aromatic rings. The molecule has 0 bridgehead atoms. The number of aromatic nitrogens is 2. The minimum Gasteiger partial charge on any atom is -0.395 e. The van der Waals surface area contributed by atoms with Crippen LogP contribution in [0.4, 0.5) is 0 Å². The number of rotatable bonds is 12. The van der Waals surface area contributed by atoms with Crippen molar-refractivity contribution in [3.05, 3.63) is 18.2 Å². The van der Waals surface area contributed by atoms with Crippen LogP contribution in [0.15, 0.2) is 12.5 Å². The number of nitrogens with zero attached hydrogens (tertiary/aromatic N) is 3. The predicted molar refractivity (Wildman–Crippen MR) is 94.3 cm³/mol. The highest BCUT2D eigenvalue weighted by Crippen LogP contribution is 2.20. The Labute approximate surface area is 141 Å². The monoisotopic (exact) mass is 325 g/mol. The van der Waals surface area contributed by atoms with E-state index in [0.29, 0.717) is 12.5 Å². The van der Waals surface area contributed by atoms with Gasteiger partial charge in [-0.1, -0.05) is 19.8 Å². The number of hydrogen-bond acceptors (Lipinski definition) is 4. The minimum absolute atomic E-state index is 0.0117. The SMILES string of the molecule is COC(C)(C)CCCC(C)CCN(CCO)Cc1cncn1C. The van der Waals surface area contributed by atoms with Crippen molar-refractivity contribution in [3.63, 3.8) is 0 Å². The van der Waals surface area contributed by atoms with E-state index in [-0.39, 0.29) is 12.2 Å². The number of aliphatic hydroxyl groups is 1. The van der Waals surface area contributed by atoms with Gasteiger partial charge in [0.1, 0.15) is 0 Å². The van der Waals surface area contributed by atoms with Crippen LogP contribution in [0, 0.1) is 5.92 Å². The summed E-state index contributed by atoms with van der Waals surface area (Å²) in [7, 11) is 3.80. The van der Waals surface area contributed by atoms with Crippen LogP contribution in [0.3, 0.4) is 0 Å². The average Bonchev–Trinajstić information content (AvgIpc) is 2.90. The Bertz CT molecular complexity index is 432. The van der Waals surface area contributed by atoms with Crippen LogP contribution in [0.5, 0.6) is 0 Å². The van der Waals surface area contributed by atoms with Crippen LogP contribution in [0.1, 0.15) is 52.1 Å².